The maximum absolute atomic E-state index is 5.56. The molecule has 1 aromatic carbocycles. The predicted molar refractivity (Wildman–Crippen MR) is 99.2 cm³/mol. The maximum atomic E-state index is 5.56. The lowest BCUT2D eigenvalue weighted by molar-refractivity contribution is 0.121. The summed E-state index contributed by atoms with van der Waals surface area (Å²) < 4.78 is 5.56. The second kappa shape index (κ2) is 7.50. The van der Waals surface area contributed by atoms with E-state index in [-0.39, 0.29) is 0 Å². The van der Waals surface area contributed by atoms with Crippen LogP contribution in [0.2, 0.25) is 0 Å². The van der Waals surface area contributed by atoms with Gasteiger partial charge in [-0.3, -0.25) is 0 Å². The number of fused-ring (bicyclic) bond motifs is 1. The first kappa shape index (κ1) is 16.5. The molecule has 0 unspecified atom stereocenters. The van der Waals surface area contributed by atoms with Crippen molar-refractivity contribution in [3.05, 3.63) is 53.0 Å². The normalized spacial score (nSPS) is 20.4. The molecule has 0 saturated carbocycles. The highest BCUT2D eigenvalue weighted by Gasteiger charge is 2.27. The largest absolute Gasteiger partial charge is 0.380 e. The van der Waals surface area contributed by atoms with Crippen LogP contribution in [0.5, 0.6) is 0 Å². The third-order valence-electron chi connectivity index (χ3n) is 5.19. The molecule has 2 aliphatic heterocycles. The lowest BCUT2D eigenvalue weighted by Crippen LogP contribution is -2.26. The number of hydrogen-bond donors (Lipinski definition) is 1. The molecule has 132 valence electrons. The standard InChI is InChI=1S/C20H26N4O/c1-25-16-9-12-24(14-16)20-17-7-10-21-11-8-18(17)22-19(23-20)13-15-5-3-2-4-6-15/h2-6,16,21H,7-14H2,1H3/t16-/m0/s1. The fourth-order valence-electron chi connectivity index (χ4n) is 3.81. The highest BCUT2D eigenvalue weighted by atomic mass is 16.5. The Hall–Kier alpha value is -1.98. The first-order chi connectivity index (χ1) is 12.3. The topological polar surface area (TPSA) is 50.3 Å². The number of rotatable bonds is 4. The van der Waals surface area contributed by atoms with E-state index in [2.05, 4.69) is 34.5 Å². The summed E-state index contributed by atoms with van der Waals surface area (Å²) in [5.41, 5.74) is 3.82. The van der Waals surface area contributed by atoms with Crippen LogP contribution in [-0.2, 0) is 24.0 Å². The van der Waals surface area contributed by atoms with Crippen molar-refractivity contribution >= 4 is 5.82 Å². The van der Waals surface area contributed by atoms with Gasteiger partial charge in [-0.05, 0) is 24.9 Å². The Morgan fingerprint density at radius 1 is 1.16 bits per heavy atom. The van der Waals surface area contributed by atoms with E-state index >= 15 is 0 Å². The molecule has 2 aromatic rings. The molecule has 5 heteroatoms. The van der Waals surface area contributed by atoms with Gasteiger partial charge in [-0.25, -0.2) is 9.97 Å². The number of ether oxygens (including phenoxy) is 1. The maximum Gasteiger partial charge on any atom is 0.135 e. The zero-order chi connectivity index (χ0) is 17.1. The van der Waals surface area contributed by atoms with Gasteiger partial charge in [0, 0.05) is 45.1 Å². The number of methoxy groups -OCH3 is 1. The van der Waals surface area contributed by atoms with Gasteiger partial charge in [0.2, 0.25) is 0 Å². The SMILES string of the molecule is CO[C@H]1CCN(c2nc(Cc3ccccc3)nc3c2CCNCC3)C1. The first-order valence-corrected chi connectivity index (χ1v) is 9.24. The highest BCUT2D eigenvalue weighted by Crippen LogP contribution is 2.27. The summed E-state index contributed by atoms with van der Waals surface area (Å²) in [6.45, 7) is 3.94. The summed E-state index contributed by atoms with van der Waals surface area (Å²) in [4.78, 5) is 12.3. The van der Waals surface area contributed by atoms with Crippen LogP contribution in [0.25, 0.3) is 0 Å². The molecular weight excluding hydrogens is 312 g/mol. The summed E-state index contributed by atoms with van der Waals surface area (Å²) >= 11 is 0. The molecule has 1 saturated heterocycles. The van der Waals surface area contributed by atoms with Crippen molar-refractivity contribution in [1.82, 2.24) is 15.3 Å². The van der Waals surface area contributed by atoms with Gasteiger partial charge in [0.1, 0.15) is 11.6 Å². The van der Waals surface area contributed by atoms with Gasteiger partial charge in [0.25, 0.3) is 0 Å². The molecule has 0 bridgehead atoms. The summed E-state index contributed by atoms with van der Waals surface area (Å²) in [6.07, 6.45) is 4.16. The Bertz CT molecular complexity index is 719. The number of hydrogen-bond acceptors (Lipinski definition) is 5. The molecule has 0 radical (unpaired) electrons. The molecule has 0 spiro atoms. The van der Waals surface area contributed by atoms with Crippen LogP contribution in [0.3, 0.4) is 0 Å². The third-order valence-corrected chi connectivity index (χ3v) is 5.19. The third kappa shape index (κ3) is 3.67. The molecule has 1 aromatic heterocycles. The molecule has 1 N–H and O–H groups in total. The molecule has 0 aliphatic carbocycles. The Kier molecular flexibility index (Phi) is 4.95. The summed E-state index contributed by atoms with van der Waals surface area (Å²) in [7, 11) is 1.80. The molecular formula is C20H26N4O. The van der Waals surface area contributed by atoms with Crippen molar-refractivity contribution in [2.75, 3.05) is 38.2 Å². The molecule has 25 heavy (non-hydrogen) atoms. The van der Waals surface area contributed by atoms with Crippen molar-refractivity contribution in [2.24, 2.45) is 0 Å². The zero-order valence-electron chi connectivity index (χ0n) is 14.9. The number of aromatic nitrogens is 2. The van der Waals surface area contributed by atoms with Gasteiger partial charge in [-0.1, -0.05) is 30.3 Å². The molecule has 3 heterocycles. The van der Waals surface area contributed by atoms with E-state index in [4.69, 9.17) is 14.7 Å². The fraction of sp³-hybridized carbons (Fsp3) is 0.500. The molecule has 2 aliphatic rings. The number of nitrogens with zero attached hydrogens (tertiary/aromatic N) is 3. The minimum absolute atomic E-state index is 0.312. The second-order valence-electron chi connectivity index (χ2n) is 6.89. The van der Waals surface area contributed by atoms with E-state index in [0.717, 1.165) is 63.5 Å². The Morgan fingerprint density at radius 3 is 2.80 bits per heavy atom. The summed E-state index contributed by atoms with van der Waals surface area (Å²) in [5.74, 6) is 2.07. The predicted octanol–water partition coefficient (Wildman–Crippen LogP) is 1.98. The Labute approximate surface area is 149 Å². The van der Waals surface area contributed by atoms with Gasteiger partial charge < -0.3 is 15.0 Å². The smallest absolute Gasteiger partial charge is 0.135 e. The van der Waals surface area contributed by atoms with Crippen LogP contribution < -0.4 is 10.2 Å². The van der Waals surface area contributed by atoms with Gasteiger partial charge in [0.15, 0.2) is 0 Å². The lowest BCUT2D eigenvalue weighted by Gasteiger charge is -2.22. The van der Waals surface area contributed by atoms with E-state index < -0.39 is 0 Å². The quantitative estimate of drug-likeness (QED) is 0.924. The first-order valence-electron chi connectivity index (χ1n) is 9.24. The van der Waals surface area contributed by atoms with Gasteiger partial charge in [0.05, 0.1) is 11.8 Å². The van der Waals surface area contributed by atoms with Gasteiger partial charge in [-0.2, -0.15) is 0 Å². The van der Waals surface area contributed by atoms with Gasteiger partial charge in [-0.15, -0.1) is 0 Å². The second-order valence-corrected chi connectivity index (χ2v) is 6.89. The lowest BCUT2D eigenvalue weighted by atomic mass is 10.1. The summed E-state index contributed by atoms with van der Waals surface area (Å²) in [5, 5.41) is 3.49. The van der Waals surface area contributed by atoms with E-state index in [1.165, 1.54) is 16.8 Å². The fourth-order valence-corrected chi connectivity index (χ4v) is 3.81. The molecule has 1 fully saturated rings. The van der Waals surface area contributed by atoms with E-state index in [0.29, 0.717) is 6.10 Å². The molecule has 0 amide bonds. The van der Waals surface area contributed by atoms with Crippen molar-refractivity contribution in [2.45, 2.75) is 31.8 Å². The number of nitrogens with one attached hydrogen (secondary N) is 1. The Morgan fingerprint density at radius 2 is 2.00 bits per heavy atom. The number of anilines is 1. The van der Waals surface area contributed by atoms with E-state index in [1.54, 1.807) is 7.11 Å². The van der Waals surface area contributed by atoms with Crippen molar-refractivity contribution < 1.29 is 4.74 Å². The molecule has 5 nitrogen and oxygen atoms in total. The van der Waals surface area contributed by atoms with Crippen LogP contribution in [-0.4, -0.2) is 49.4 Å². The monoisotopic (exact) mass is 338 g/mol. The average Bonchev–Trinajstić information content (AvgIpc) is 3.00. The summed E-state index contributed by atoms with van der Waals surface area (Å²) in [6, 6.07) is 10.5. The van der Waals surface area contributed by atoms with Crippen LogP contribution >= 0.6 is 0 Å². The van der Waals surface area contributed by atoms with E-state index in [1.807, 2.05) is 6.07 Å². The Balaban J connectivity index is 1.69. The van der Waals surface area contributed by atoms with Gasteiger partial charge >= 0.3 is 0 Å². The molecule has 1 atom stereocenters. The van der Waals surface area contributed by atoms with Crippen LogP contribution in [0.15, 0.2) is 30.3 Å². The average molecular weight is 338 g/mol. The van der Waals surface area contributed by atoms with Crippen molar-refractivity contribution in [3.8, 4) is 0 Å². The van der Waals surface area contributed by atoms with E-state index in [9.17, 15) is 0 Å². The van der Waals surface area contributed by atoms with Crippen LogP contribution in [0.1, 0.15) is 29.1 Å². The van der Waals surface area contributed by atoms with Crippen LogP contribution in [0, 0.1) is 0 Å². The molecule has 4 rings (SSSR count). The van der Waals surface area contributed by atoms with Crippen LogP contribution in [0.4, 0.5) is 5.82 Å². The minimum atomic E-state index is 0.312. The highest BCUT2D eigenvalue weighted by molar-refractivity contribution is 5.51. The minimum Gasteiger partial charge on any atom is -0.380 e. The number of benzene rings is 1. The van der Waals surface area contributed by atoms with Crippen molar-refractivity contribution in [1.29, 1.82) is 0 Å². The zero-order valence-corrected chi connectivity index (χ0v) is 14.9. The van der Waals surface area contributed by atoms with Crippen molar-refractivity contribution in [3.63, 3.8) is 0 Å².